The van der Waals surface area contributed by atoms with Crippen LogP contribution in [0.4, 0.5) is 0 Å². The minimum absolute atomic E-state index is 0.265. The molecule has 150 valence electrons. The van der Waals surface area contributed by atoms with Crippen molar-refractivity contribution in [1.82, 2.24) is 9.80 Å². The first kappa shape index (κ1) is 19.6. The van der Waals surface area contributed by atoms with Gasteiger partial charge in [0, 0.05) is 50.7 Å². The number of fused-ring (bicyclic) bond motifs is 1. The Labute approximate surface area is 172 Å². The Bertz CT molecular complexity index is 1040. The molecule has 2 aromatic carbocycles. The van der Waals surface area contributed by atoms with Gasteiger partial charge in [0.15, 0.2) is 0 Å². The number of hydrogen-bond donors (Lipinski definition) is 0. The second-order valence-corrected chi connectivity index (χ2v) is 7.77. The number of piperazine rings is 1. The summed E-state index contributed by atoms with van der Waals surface area (Å²) >= 11 is 0. The molecule has 3 aromatic rings. The summed E-state index contributed by atoms with van der Waals surface area (Å²) in [5.41, 5.74) is 5.25. The van der Waals surface area contributed by atoms with Crippen LogP contribution in [0.25, 0.3) is 17.0 Å². The molecule has 0 spiro atoms. The Kier molecular flexibility index (Phi) is 5.93. The van der Waals surface area contributed by atoms with E-state index >= 15 is 0 Å². The molecule has 0 bridgehead atoms. The first-order valence-corrected chi connectivity index (χ1v) is 10.4. The van der Waals surface area contributed by atoms with Crippen LogP contribution in [0.15, 0.2) is 64.3 Å². The first-order valence-electron chi connectivity index (χ1n) is 10.4. The number of aryl methyl sites for hydroxylation is 1. The van der Waals surface area contributed by atoms with Gasteiger partial charge in [-0.25, -0.2) is 4.79 Å². The van der Waals surface area contributed by atoms with Crippen LogP contribution in [0.1, 0.15) is 29.2 Å². The summed E-state index contributed by atoms with van der Waals surface area (Å²) in [7, 11) is 0. The molecule has 1 aliphatic heterocycles. The third-order valence-corrected chi connectivity index (χ3v) is 5.78. The second kappa shape index (κ2) is 8.76. The molecule has 1 aliphatic rings. The van der Waals surface area contributed by atoms with E-state index < -0.39 is 0 Å². The Morgan fingerprint density at radius 1 is 0.931 bits per heavy atom. The van der Waals surface area contributed by atoms with Gasteiger partial charge in [0.2, 0.25) is 0 Å². The highest BCUT2D eigenvalue weighted by atomic mass is 16.4. The molecule has 0 unspecified atom stereocenters. The minimum Gasteiger partial charge on any atom is -0.423 e. The predicted octanol–water partition coefficient (Wildman–Crippen LogP) is 4.32. The van der Waals surface area contributed by atoms with Crippen molar-refractivity contribution in [3.8, 4) is 0 Å². The van der Waals surface area contributed by atoms with Crippen LogP contribution in [0.2, 0.25) is 0 Å². The molecule has 1 fully saturated rings. The maximum absolute atomic E-state index is 12.0. The van der Waals surface area contributed by atoms with E-state index in [0.717, 1.165) is 62.2 Å². The molecule has 0 atom stereocenters. The molecule has 4 nitrogen and oxygen atoms in total. The monoisotopic (exact) mass is 388 g/mol. The fourth-order valence-corrected chi connectivity index (χ4v) is 3.99. The lowest BCUT2D eigenvalue weighted by atomic mass is 10.0. The van der Waals surface area contributed by atoms with E-state index in [0.29, 0.717) is 5.58 Å². The smallest absolute Gasteiger partial charge is 0.336 e. The van der Waals surface area contributed by atoms with Gasteiger partial charge in [-0.3, -0.25) is 9.80 Å². The van der Waals surface area contributed by atoms with Gasteiger partial charge in [-0.1, -0.05) is 49.9 Å². The predicted molar refractivity (Wildman–Crippen MR) is 119 cm³/mol. The Hall–Kier alpha value is -2.69. The van der Waals surface area contributed by atoms with Crippen LogP contribution >= 0.6 is 0 Å². The first-order chi connectivity index (χ1) is 14.1. The standard InChI is InChI=1S/C25H28N2O2/c1-3-19-5-7-21(8-6-19)17-26-11-13-27(14-12-26)18-22-16-25(28)29-24-10-9-20(4-2)15-23(22)24/h3,5-10,15-16H,1,4,11-14,17-18H2,2H3. The van der Waals surface area contributed by atoms with Crippen molar-refractivity contribution in [2.45, 2.75) is 26.4 Å². The van der Waals surface area contributed by atoms with E-state index in [1.54, 1.807) is 6.07 Å². The highest BCUT2D eigenvalue weighted by Gasteiger charge is 2.18. The summed E-state index contributed by atoms with van der Waals surface area (Å²) in [5.74, 6) is 0. The largest absolute Gasteiger partial charge is 0.423 e. The average molecular weight is 389 g/mol. The van der Waals surface area contributed by atoms with Crippen LogP contribution in [-0.2, 0) is 19.5 Å². The fraction of sp³-hybridized carbons (Fsp3) is 0.320. The molecule has 4 heteroatoms. The van der Waals surface area contributed by atoms with Gasteiger partial charge in [0.05, 0.1) is 0 Å². The van der Waals surface area contributed by atoms with Crippen molar-refractivity contribution in [1.29, 1.82) is 0 Å². The minimum atomic E-state index is -0.265. The van der Waals surface area contributed by atoms with Crippen LogP contribution in [0.3, 0.4) is 0 Å². The highest BCUT2D eigenvalue weighted by Crippen LogP contribution is 2.21. The zero-order chi connectivity index (χ0) is 20.2. The second-order valence-electron chi connectivity index (χ2n) is 7.77. The van der Waals surface area contributed by atoms with Gasteiger partial charge in [-0.05, 0) is 40.8 Å². The topological polar surface area (TPSA) is 36.7 Å². The molecular weight excluding hydrogens is 360 g/mol. The summed E-state index contributed by atoms with van der Waals surface area (Å²) in [6, 6.07) is 16.4. The highest BCUT2D eigenvalue weighted by molar-refractivity contribution is 5.80. The molecule has 1 saturated heterocycles. The Balaban J connectivity index is 1.41. The quantitative estimate of drug-likeness (QED) is 0.590. The van der Waals surface area contributed by atoms with E-state index in [-0.39, 0.29) is 5.63 Å². The van der Waals surface area contributed by atoms with Crippen LogP contribution < -0.4 is 5.63 Å². The lowest BCUT2D eigenvalue weighted by Gasteiger charge is -2.34. The van der Waals surface area contributed by atoms with Crippen LogP contribution in [0.5, 0.6) is 0 Å². The molecular formula is C25H28N2O2. The van der Waals surface area contributed by atoms with E-state index in [9.17, 15) is 4.79 Å². The van der Waals surface area contributed by atoms with Crippen molar-refractivity contribution in [2.75, 3.05) is 26.2 Å². The molecule has 1 aromatic heterocycles. The molecule has 4 rings (SSSR count). The van der Waals surface area contributed by atoms with Crippen molar-refractivity contribution in [3.63, 3.8) is 0 Å². The number of nitrogens with zero attached hydrogens (tertiary/aromatic N) is 2. The van der Waals surface area contributed by atoms with Crippen LogP contribution in [0, 0.1) is 0 Å². The lowest BCUT2D eigenvalue weighted by molar-refractivity contribution is 0.122. The van der Waals surface area contributed by atoms with Crippen LogP contribution in [-0.4, -0.2) is 36.0 Å². The van der Waals surface area contributed by atoms with Crippen molar-refractivity contribution in [2.24, 2.45) is 0 Å². The SMILES string of the molecule is C=Cc1ccc(CN2CCN(Cc3cc(=O)oc4ccc(CC)cc34)CC2)cc1. The third kappa shape index (κ3) is 4.66. The van der Waals surface area contributed by atoms with Crippen molar-refractivity contribution in [3.05, 3.63) is 87.8 Å². The molecule has 0 amide bonds. The lowest BCUT2D eigenvalue weighted by Crippen LogP contribution is -2.45. The fourth-order valence-electron chi connectivity index (χ4n) is 3.99. The van der Waals surface area contributed by atoms with Gasteiger partial charge in [-0.2, -0.15) is 0 Å². The molecule has 0 radical (unpaired) electrons. The maximum Gasteiger partial charge on any atom is 0.336 e. The normalized spacial score (nSPS) is 15.6. The summed E-state index contributed by atoms with van der Waals surface area (Å²) in [5, 5.41) is 1.06. The van der Waals surface area contributed by atoms with Crippen molar-refractivity contribution < 1.29 is 4.42 Å². The number of hydrogen-bond acceptors (Lipinski definition) is 4. The Morgan fingerprint density at radius 2 is 1.59 bits per heavy atom. The third-order valence-electron chi connectivity index (χ3n) is 5.78. The molecule has 29 heavy (non-hydrogen) atoms. The number of rotatable bonds is 6. The molecule has 0 saturated carbocycles. The average Bonchev–Trinajstić information content (AvgIpc) is 2.75. The van der Waals surface area contributed by atoms with E-state index in [1.807, 2.05) is 18.2 Å². The van der Waals surface area contributed by atoms with E-state index in [4.69, 9.17) is 4.42 Å². The van der Waals surface area contributed by atoms with Gasteiger partial charge < -0.3 is 4.42 Å². The van der Waals surface area contributed by atoms with Gasteiger partial charge in [-0.15, -0.1) is 0 Å². The molecule has 2 heterocycles. The van der Waals surface area contributed by atoms with Gasteiger partial charge in [0.25, 0.3) is 0 Å². The summed E-state index contributed by atoms with van der Waals surface area (Å²) in [4.78, 5) is 16.9. The zero-order valence-corrected chi connectivity index (χ0v) is 17.1. The zero-order valence-electron chi connectivity index (χ0n) is 17.1. The summed E-state index contributed by atoms with van der Waals surface area (Å²) in [6.45, 7) is 11.8. The van der Waals surface area contributed by atoms with E-state index in [1.165, 1.54) is 11.1 Å². The summed E-state index contributed by atoms with van der Waals surface area (Å²) in [6.07, 6.45) is 2.85. The van der Waals surface area contributed by atoms with Crippen molar-refractivity contribution >= 4 is 17.0 Å². The Morgan fingerprint density at radius 3 is 2.24 bits per heavy atom. The number of benzene rings is 2. The molecule has 0 N–H and O–H groups in total. The summed E-state index contributed by atoms with van der Waals surface area (Å²) < 4.78 is 5.40. The maximum atomic E-state index is 12.0. The van der Waals surface area contributed by atoms with Gasteiger partial charge >= 0.3 is 5.63 Å². The molecule has 0 aliphatic carbocycles. The van der Waals surface area contributed by atoms with Gasteiger partial charge in [0.1, 0.15) is 5.58 Å². The van der Waals surface area contributed by atoms with E-state index in [2.05, 4.69) is 53.6 Å².